The van der Waals surface area contributed by atoms with Gasteiger partial charge in [0, 0.05) is 23.8 Å². The van der Waals surface area contributed by atoms with Crippen LogP contribution in [0, 0.1) is 5.82 Å². The summed E-state index contributed by atoms with van der Waals surface area (Å²) in [4.78, 5) is 11.8. The number of anilines is 1. The van der Waals surface area contributed by atoms with Crippen LogP contribution in [0.4, 0.5) is 14.9 Å². The molecule has 1 aliphatic carbocycles. The lowest BCUT2D eigenvalue weighted by atomic mass is 10.2. The molecule has 0 aromatic heterocycles. The molecule has 2 rings (SSSR count). The number of carbonyl (C=O) groups excluding carboxylic acids is 1. The Balaban J connectivity index is 1.83. The number of amides is 1. The second kappa shape index (κ2) is 7.06. The Kier molecular flexibility index (Phi) is 5.34. The minimum Gasteiger partial charge on any atom is -0.494 e. The highest BCUT2D eigenvalue weighted by Crippen LogP contribution is 2.26. The average molecular weight is 324 g/mol. The first kappa shape index (κ1) is 17.4. The molecule has 2 unspecified atom stereocenters. The maximum atomic E-state index is 13.7. The monoisotopic (exact) mass is 324 g/mol. The molecule has 0 bridgehead atoms. The number of benzene rings is 1. The first-order chi connectivity index (χ1) is 10.8. The zero-order chi connectivity index (χ0) is 17.0. The van der Waals surface area contributed by atoms with Gasteiger partial charge in [0.2, 0.25) is 0 Å². The van der Waals surface area contributed by atoms with E-state index in [0.717, 1.165) is 19.3 Å². The van der Waals surface area contributed by atoms with Crippen molar-refractivity contribution in [2.75, 3.05) is 12.4 Å². The summed E-state index contributed by atoms with van der Waals surface area (Å²) in [6.45, 7) is 5.51. The lowest BCUT2D eigenvalue weighted by Gasteiger charge is -2.22. The van der Waals surface area contributed by atoms with E-state index in [2.05, 4.69) is 10.6 Å². The second-order valence-electron chi connectivity index (χ2n) is 6.85. The Morgan fingerprint density at radius 3 is 2.57 bits per heavy atom. The number of alkyl carbamates (subject to hydrolysis) is 1. The van der Waals surface area contributed by atoms with Crippen molar-refractivity contribution in [1.29, 1.82) is 0 Å². The molecule has 1 aliphatic rings. The molecule has 1 aromatic carbocycles. The van der Waals surface area contributed by atoms with Crippen LogP contribution in [0.1, 0.15) is 40.0 Å². The van der Waals surface area contributed by atoms with Crippen molar-refractivity contribution in [2.45, 2.75) is 57.7 Å². The van der Waals surface area contributed by atoms with Crippen molar-refractivity contribution in [3.63, 3.8) is 0 Å². The van der Waals surface area contributed by atoms with Gasteiger partial charge in [0.15, 0.2) is 11.6 Å². The normalized spacial score (nSPS) is 20.9. The average Bonchev–Trinajstić information content (AvgIpc) is 2.83. The molecule has 0 radical (unpaired) electrons. The third kappa shape index (κ3) is 5.30. The molecule has 128 valence electrons. The smallest absolute Gasteiger partial charge is 0.407 e. The second-order valence-corrected chi connectivity index (χ2v) is 6.85. The molecular formula is C17H25FN2O3. The van der Waals surface area contributed by atoms with Crippen molar-refractivity contribution < 1.29 is 18.7 Å². The van der Waals surface area contributed by atoms with Crippen LogP contribution in [0.25, 0.3) is 0 Å². The van der Waals surface area contributed by atoms with Crippen LogP contribution in [0.3, 0.4) is 0 Å². The van der Waals surface area contributed by atoms with Gasteiger partial charge in [-0.2, -0.15) is 0 Å². The van der Waals surface area contributed by atoms with Gasteiger partial charge < -0.3 is 20.1 Å². The number of carbonyl (C=O) groups is 1. The van der Waals surface area contributed by atoms with Gasteiger partial charge in [-0.05, 0) is 52.2 Å². The number of rotatable bonds is 4. The van der Waals surface area contributed by atoms with Crippen LogP contribution < -0.4 is 15.4 Å². The Bertz CT molecular complexity index is 557. The molecule has 0 aliphatic heterocycles. The molecule has 2 atom stereocenters. The number of hydrogen-bond donors (Lipinski definition) is 2. The molecule has 0 spiro atoms. The van der Waals surface area contributed by atoms with Crippen LogP contribution in [0.2, 0.25) is 0 Å². The van der Waals surface area contributed by atoms with Crippen molar-refractivity contribution in [2.24, 2.45) is 0 Å². The number of hydrogen-bond acceptors (Lipinski definition) is 4. The summed E-state index contributed by atoms with van der Waals surface area (Å²) in [5, 5.41) is 6.18. The van der Waals surface area contributed by atoms with Crippen molar-refractivity contribution >= 4 is 11.8 Å². The number of methoxy groups -OCH3 is 1. The van der Waals surface area contributed by atoms with E-state index in [1.165, 1.54) is 13.2 Å². The summed E-state index contributed by atoms with van der Waals surface area (Å²) in [7, 11) is 1.44. The van der Waals surface area contributed by atoms with E-state index in [0.29, 0.717) is 5.69 Å². The Hall–Kier alpha value is -1.98. The zero-order valence-corrected chi connectivity index (χ0v) is 14.1. The predicted octanol–water partition coefficient (Wildman–Crippen LogP) is 3.69. The molecule has 0 saturated heterocycles. The fourth-order valence-electron chi connectivity index (χ4n) is 2.71. The molecule has 1 fully saturated rings. The first-order valence-electron chi connectivity index (χ1n) is 7.86. The largest absolute Gasteiger partial charge is 0.494 e. The fourth-order valence-corrected chi connectivity index (χ4v) is 2.71. The lowest BCUT2D eigenvalue weighted by Crippen LogP contribution is -2.38. The summed E-state index contributed by atoms with van der Waals surface area (Å²) in [6.07, 6.45) is 2.18. The van der Waals surface area contributed by atoms with Gasteiger partial charge in [-0.15, -0.1) is 0 Å². The summed E-state index contributed by atoms with van der Waals surface area (Å²) in [5.74, 6) is -0.162. The summed E-state index contributed by atoms with van der Waals surface area (Å²) in [5.41, 5.74) is 0.215. The predicted molar refractivity (Wildman–Crippen MR) is 87.4 cm³/mol. The van der Waals surface area contributed by atoms with E-state index >= 15 is 0 Å². The van der Waals surface area contributed by atoms with E-state index in [4.69, 9.17) is 9.47 Å². The summed E-state index contributed by atoms with van der Waals surface area (Å²) in [6, 6.07) is 5.08. The summed E-state index contributed by atoms with van der Waals surface area (Å²) >= 11 is 0. The molecular weight excluding hydrogens is 299 g/mol. The standard InChI is InChI=1S/C17H25FN2O3/c1-17(2,3)23-16(21)20-12-6-5-11(9-12)19-13-7-8-15(22-4)14(18)10-13/h7-8,10-12,19H,5-6,9H2,1-4H3,(H,20,21). The molecule has 2 N–H and O–H groups in total. The molecule has 0 heterocycles. The van der Waals surface area contributed by atoms with Gasteiger partial charge in [0.1, 0.15) is 5.60 Å². The van der Waals surface area contributed by atoms with Crippen LogP contribution in [0.5, 0.6) is 5.75 Å². The fraction of sp³-hybridized carbons (Fsp3) is 0.588. The third-order valence-electron chi connectivity index (χ3n) is 3.68. The van der Waals surface area contributed by atoms with Crippen LogP contribution in [-0.4, -0.2) is 30.9 Å². The van der Waals surface area contributed by atoms with Crippen LogP contribution >= 0.6 is 0 Å². The van der Waals surface area contributed by atoms with E-state index in [1.54, 1.807) is 12.1 Å². The summed E-state index contributed by atoms with van der Waals surface area (Å²) < 4.78 is 23.9. The molecule has 5 nitrogen and oxygen atoms in total. The van der Waals surface area contributed by atoms with Crippen LogP contribution in [0.15, 0.2) is 18.2 Å². The van der Waals surface area contributed by atoms with E-state index in [1.807, 2.05) is 20.8 Å². The van der Waals surface area contributed by atoms with E-state index in [9.17, 15) is 9.18 Å². The topological polar surface area (TPSA) is 59.6 Å². The molecule has 23 heavy (non-hydrogen) atoms. The van der Waals surface area contributed by atoms with E-state index < -0.39 is 11.7 Å². The minimum absolute atomic E-state index is 0.0745. The van der Waals surface area contributed by atoms with Crippen molar-refractivity contribution in [3.05, 3.63) is 24.0 Å². The SMILES string of the molecule is COc1ccc(NC2CCC(NC(=O)OC(C)(C)C)C2)cc1F. The number of ether oxygens (including phenoxy) is 2. The highest BCUT2D eigenvalue weighted by molar-refractivity contribution is 5.68. The Morgan fingerprint density at radius 1 is 1.26 bits per heavy atom. The third-order valence-corrected chi connectivity index (χ3v) is 3.68. The molecule has 1 amide bonds. The molecule has 1 saturated carbocycles. The van der Waals surface area contributed by atoms with Gasteiger partial charge in [-0.3, -0.25) is 0 Å². The van der Waals surface area contributed by atoms with Gasteiger partial charge in [0.25, 0.3) is 0 Å². The maximum absolute atomic E-state index is 13.7. The highest BCUT2D eigenvalue weighted by Gasteiger charge is 2.27. The van der Waals surface area contributed by atoms with Crippen molar-refractivity contribution in [1.82, 2.24) is 5.32 Å². The minimum atomic E-state index is -0.499. The van der Waals surface area contributed by atoms with Gasteiger partial charge in [0.05, 0.1) is 7.11 Å². The lowest BCUT2D eigenvalue weighted by molar-refractivity contribution is 0.0505. The number of nitrogens with one attached hydrogen (secondary N) is 2. The number of halogens is 1. The Morgan fingerprint density at radius 2 is 1.96 bits per heavy atom. The molecule has 1 aromatic rings. The highest BCUT2D eigenvalue weighted by atomic mass is 19.1. The van der Waals surface area contributed by atoms with Gasteiger partial charge in [-0.25, -0.2) is 9.18 Å². The zero-order valence-electron chi connectivity index (χ0n) is 14.1. The first-order valence-corrected chi connectivity index (χ1v) is 7.86. The van der Waals surface area contributed by atoms with Gasteiger partial charge in [-0.1, -0.05) is 0 Å². The van der Waals surface area contributed by atoms with Crippen LogP contribution in [-0.2, 0) is 4.74 Å². The van der Waals surface area contributed by atoms with E-state index in [-0.39, 0.29) is 23.7 Å². The molecule has 6 heteroatoms. The van der Waals surface area contributed by atoms with Gasteiger partial charge >= 0.3 is 6.09 Å². The maximum Gasteiger partial charge on any atom is 0.407 e. The van der Waals surface area contributed by atoms with Crippen molar-refractivity contribution in [3.8, 4) is 5.75 Å². The quantitative estimate of drug-likeness (QED) is 0.887. The Labute approximate surface area is 136 Å².